The molecule has 0 radical (unpaired) electrons. The predicted octanol–water partition coefficient (Wildman–Crippen LogP) is 2.21. The quantitative estimate of drug-likeness (QED) is 0.405. The summed E-state index contributed by atoms with van der Waals surface area (Å²) in [7, 11) is 3.32. The smallest absolute Gasteiger partial charge is 0.225 e. The van der Waals surface area contributed by atoms with Crippen LogP contribution in [0.5, 0.6) is 11.5 Å². The Morgan fingerprint density at radius 2 is 1.80 bits per heavy atom. The van der Waals surface area contributed by atoms with Gasteiger partial charge >= 0.3 is 0 Å². The fourth-order valence-electron chi connectivity index (χ4n) is 3.50. The normalized spacial score (nSPS) is 14.6. The van der Waals surface area contributed by atoms with Crippen LogP contribution in [-0.4, -0.2) is 74.3 Å². The molecule has 0 bridgehead atoms. The lowest BCUT2D eigenvalue weighted by atomic mass is 10.1. The molecule has 1 aliphatic rings. The Morgan fingerprint density at radius 3 is 2.47 bits per heavy atom. The van der Waals surface area contributed by atoms with Crippen LogP contribution in [0.1, 0.15) is 18.9 Å². The number of rotatable bonds is 8. The van der Waals surface area contributed by atoms with Gasteiger partial charge in [-0.25, -0.2) is 9.97 Å². The highest BCUT2D eigenvalue weighted by molar-refractivity contribution is 5.80. The van der Waals surface area contributed by atoms with Crippen molar-refractivity contribution < 1.29 is 9.47 Å². The van der Waals surface area contributed by atoms with Crippen molar-refractivity contribution in [2.24, 2.45) is 4.99 Å². The van der Waals surface area contributed by atoms with Gasteiger partial charge in [0, 0.05) is 51.7 Å². The number of nitrogens with one attached hydrogen (secondary N) is 1. The average molecular weight is 413 g/mol. The number of aromatic nitrogens is 2. The molecule has 30 heavy (non-hydrogen) atoms. The van der Waals surface area contributed by atoms with Crippen molar-refractivity contribution in [3.8, 4) is 11.5 Å². The summed E-state index contributed by atoms with van der Waals surface area (Å²) >= 11 is 0. The Hall–Kier alpha value is -3.03. The maximum absolute atomic E-state index is 5.39. The highest BCUT2D eigenvalue weighted by Gasteiger charge is 2.20. The second-order valence-electron chi connectivity index (χ2n) is 7.05. The minimum Gasteiger partial charge on any atom is -0.493 e. The van der Waals surface area contributed by atoms with E-state index in [1.165, 1.54) is 5.56 Å². The molecule has 1 aliphatic heterocycles. The van der Waals surface area contributed by atoms with Crippen LogP contribution in [0.25, 0.3) is 0 Å². The topological polar surface area (TPSA) is 75.1 Å². The van der Waals surface area contributed by atoms with Gasteiger partial charge in [-0.15, -0.1) is 0 Å². The van der Waals surface area contributed by atoms with Crippen molar-refractivity contribution in [2.75, 3.05) is 58.4 Å². The lowest BCUT2D eigenvalue weighted by molar-refractivity contribution is 0.354. The van der Waals surface area contributed by atoms with Crippen LogP contribution in [0.4, 0.5) is 5.95 Å². The number of benzene rings is 1. The summed E-state index contributed by atoms with van der Waals surface area (Å²) in [4.78, 5) is 18.1. The van der Waals surface area contributed by atoms with Crippen molar-refractivity contribution in [1.29, 1.82) is 0 Å². The van der Waals surface area contributed by atoms with E-state index in [1.807, 2.05) is 18.2 Å². The number of guanidine groups is 1. The number of piperazine rings is 1. The molecule has 1 aromatic carbocycles. The summed E-state index contributed by atoms with van der Waals surface area (Å²) in [6.07, 6.45) is 5.50. The first kappa shape index (κ1) is 21.7. The number of methoxy groups -OCH3 is 2. The van der Waals surface area contributed by atoms with Crippen molar-refractivity contribution in [3.63, 3.8) is 0 Å². The Morgan fingerprint density at radius 1 is 1.07 bits per heavy atom. The highest BCUT2D eigenvalue weighted by atomic mass is 16.5. The van der Waals surface area contributed by atoms with Crippen LogP contribution in [0, 0.1) is 0 Å². The molecule has 0 unspecified atom stereocenters. The van der Waals surface area contributed by atoms with Crippen LogP contribution in [0.2, 0.25) is 0 Å². The zero-order chi connectivity index (χ0) is 21.2. The molecule has 0 spiro atoms. The van der Waals surface area contributed by atoms with Crippen LogP contribution in [0.15, 0.2) is 41.7 Å². The van der Waals surface area contributed by atoms with E-state index in [1.54, 1.807) is 26.6 Å². The molecule has 2 heterocycles. The van der Waals surface area contributed by atoms with E-state index in [9.17, 15) is 0 Å². The van der Waals surface area contributed by atoms with Gasteiger partial charge in [0.25, 0.3) is 0 Å². The van der Waals surface area contributed by atoms with Gasteiger partial charge < -0.3 is 24.6 Å². The van der Waals surface area contributed by atoms with Gasteiger partial charge in [0.15, 0.2) is 17.5 Å². The molecule has 8 heteroatoms. The summed E-state index contributed by atoms with van der Waals surface area (Å²) in [5, 5.41) is 3.43. The molecule has 0 amide bonds. The number of aryl methyl sites for hydroxylation is 1. The maximum atomic E-state index is 5.39. The Balaban J connectivity index is 1.51. The molecule has 0 aliphatic carbocycles. The number of anilines is 1. The minimum absolute atomic E-state index is 0.758. The van der Waals surface area contributed by atoms with E-state index < -0.39 is 0 Å². The van der Waals surface area contributed by atoms with Gasteiger partial charge in [-0.2, -0.15) is 0 Å². The average Bonchev–Trinajstić information content (AvgIpc) is 2.81. The van der Waals surface area contributed by atoms with Gasteiger partial charge in [-0.1, -0.05) is 6.07 Å². The largest absolute Gasteiger partial charge is 0.493 e. The number of ether oxygens (including phenoxy) is 2. The van der Waals surface area contributed by atoms with Crippen LogP contribution < -0.4 is 19.7 Å². The minimum atomic E-state index is 0.758. The first-order chi connectivity index (χ1) is 14.7. The van der Waals surface area contributed by atoms with Gasteiger partial charge in [0.05, 0.1) is 14.2 Å². The van der Waals surface area contributed by atoms with Gasteiger partial charge in [0.2, 0.25) is 5.95 Å². The summed E-state index contributed by atoms with van der Waals surface area (Å²) in [5.74, 6) is 3.31. The van der Waals surface area contributed by atoms with Crippen LogP contribution in [0.3, 0.4) is 0 Å². The predicted molar refractivity (Wildman–Crippen MR) is 120 cm³/mol. The lowest BCUT2D eigenvalue weighted by Crippen LogP contribution is -2.53. The van der Waals surface area contributed by atoms with Gasteiger partial charge in [-0.05, 0) is 43.5 Å². The maximum Gasteiger partial charge on any atom is 0.225 e. The molecule has 8 nitrogen and oxygen atoms in total. The molecule has 1 saturated heterocycles. The molecule has 1 fully saturated rings. The summed E-state index contributed by atoms with van der Waals surface area (Å²) in [6, 6.07) is 7.93. The van der Waals surface area contributed by atoms with Crippen molar-refractivity contribution in [3.05, 3.63) is 42.2 Å². The number of aliphatic imine (C=N–C) groups is 1. The Labute approximate surface area is 178 Å². The molecule has 0 atom stereocenters. The third-order valence-electron chi connectivity index (χ3n) is 5.08. The zero-order valence-corrected chi connectivity index (χ0v) is 18.2. The Bertz CT molecular complexity index is 807. The number of hydrogen-bond acceptors (Lipinski definition) is 6. The lowest BCUT2D eigenvalue weighted by Gasteiger charge is -2.36. The third-order valence-corrected chi connectivity index (χ3v) is 5.08. The zero-order valence-electron chi connectivity index (χ0n) is 18.2. The van der Waals surface area contributed by atoms with Crippen LogP contribution >= 0.6 is 0 Å². The fourth-order valence-corrected chi connectivity index (χ4v) is 3.50. The monoisotopic (exact) mass is 412 g/mol. The van der Waals surface area contributed by atoms with Crippen LogP contribution in [-0.2, 0) is 6.42 Å². The molecule has 0 saturated carbocycles. The number of nitrogens with zero attached hydrogens (tertiary/aromatic N) is 5. The summed E-state index contributed by atoms with van der Waals surface area (Å²) in [5.41, 5.74) is 1.23. The molecule has 2 aromatic rings. The first-order valence-corrected chi connectivity index (χ1v) is 10.5. The van der Waals surface area contributed by atoms with Crippen molar-refractivity contribution in [2.45, 2.75) is 19.8 Å². The van der Waals surface area contributed by atoms with E-state index in [0.717, 1.165) is 75.5 Å². The second kappa shape index (κ2) is 11.2. The Kier molecular flexibility index (Phi) is 8.11. The van der Waals surface area contributed by atoms with Gasteiger partial charge in [-0.3, -0.25) is 4.99 Å². The van der Waals surface area contributed by atoms with E-state index >= 15 is 0 Å². The van der Waals surface area contributed by atoms with E-state index in [4.69, 9.17) is 14.5 Å². The summed E-state index contributed by atoms with van der Waals surface area (Å²) in [6.45, 7) is 7.32. The van der Waals surface area contributed by atoms with E-state index in [0.29, 0.717) is 0 Å². The van der Waals surface area contributed by atoms with E-state index in [2.05, 4.69) is 38.1 Å². The van der Waals surface area contributed by atoms with Gasteiger partial charge in [0.1, 0.15) is 0 Å². The molecular weight excluding hydrogens is 380 g/mol. The van der Waals surface area contributed by atoms with Crippen molar-refractivity contribution >= 4 is 11.9 Å². The summed E-state index contributed by atoms with van der Waals surface area (Å²) < 4.78 is 10.7. The van der Waals surface area contributed by atoms with Crippen molar-refractivity contribution in [1.82, 2.24) is 20.2 Å². The molecular formula is C22H32N6O2. The molecule has 1 aromatic heterocycles. The fraction of sp³-hybridized carbons (Fsp3) is 0.500. The molecule has 1 N–H and O–H groups in total. The molecule has 162 valence electrons. The van der Waals surface area contributed by atoms with E-state index in [-0.39, 0.29) is 0 Å². The SMILES string of the molecule is CCNC(=NCCCc1ccc(OC)c(OC)c1)N1CCN(c2ncccn2)CC1. The highest BCUT2D eigenvalue weighted by Crippen LogP contribution is 2.27. The standard InChI is InChI=1S/C22H32N6O2/c1-4-23-21(27-13-15-28(16-14-27)22-25-11-6-12-26-22)24-10-5-7-18-8-9-19(29-2)20(17-18)30-3/h6,8-9,11-12,17H,4-5,7,10,13-16H2,1-3H3,(H,23,24). The first-order valence-electron chi connectivity index (χ1n) is 10.5. The second-order valence-corrected chi connectivity index (χ2v) is 7.05. The molecule has 3 rings (SSSR count). The number of hydrogen-bond donors (Lipinski definition) is 1. The third kappa shape index (κ3) is 5.75.